The average Bonchev–Trinajstić information content (AvgIpc) is 2.64. The Kier molecular flexibility index (Phi) is 5.27. The van der Waals surface area contributed by atoms with E-state index in [-0.39, 0.29) is 0 Å². The SMILES string of the molecule is COc1ccnc(N2CCN(C[C@H](O)c3ccccc3)[C@@H](C)C2)n1. The van der Waals surface area contributed by atoms with Crippen molar-refractivity contribution in [2.75, 3.05) is 38.2 Å². The van der Waals surface area contributed by atoms with Crippen molar-refractivity contribution in [1.82, 2.24) is 14.9 Å². The first kappa shape index (κ1) is 16.7. The van der Waals surface area contributed by atoms with Crippen LogP contribution >= 0.6 is 0 Å². The number of anilines is 1. The summed E-state index contributed by atoms with van der Waals surface area (Å²) >= 11 is 0. The summed E-state index contributed by atoms with van der Waals surface area (Å²) < 4.78 is 5.17. The number of piperazine rings is 1. The Morgan fingerprint density at radius 1 is 1.25 bits per heavy atom. The Hall–Kier alpha value is -2.18. The molecule has 6 nitrogen and oxygen atoms in total. The Labute approximate surface area is 142 Å². The molecule has 1 fully saturated rings. The predicted molar refractivity (Wildman–Crippen MR) is 93.2 cm³/mol. The van der Waals surface area contributed by atoms with Gasteiger partial charge in [-0.1, -0.05) is 30.3 Å². The van der Waals surface area contributed by atoms with Gasteiger partial charge in [0.25, 0.3) is 0 Å². The lowest BCUT2D eigenvalue weighted by molar-refractivity contribution is 0.0847. The number of hydrogen-bond donors (Lipinski definition) is 1. The molecule has 0 unspecified atom stereocenters. The minimum absolute atomic E-state index is 0.312. The molecule has 0 radical (unpaired) electrons. The van der Waals surface area contributed by atoms with Crippen molar-refractivity contribution in [2.45, 2.75) is 19.1 Å². The van der Waals surface area contributed by atoms with E-state index in [1.807, 2.05) is 30.3 Å². The smallest absolute Gasteiger partial charge is 0.228 e. The highest BCUT2D eigenvalue weighted by molar-refractivity contribution is 5.33. The third-order valence-electron chi connectivity index (χ3n) is 4.47. The standard InChI is InChI=1S/C18H24N4O2/c1-14-12-22(18-19-9-8-17(20-18)24-2)11-10-21(14)13-16(23)15-6-4-3-5-7-15/h3-9,14,16,23H,10-13H2,1-2H3/t14-,16-/m0/s1. The lowest BCUT2D eigenvalue weighted by atomic mass is 10.1. The van der Waals surface area contributed by atoms with E-state index >= 15 is 0 Å². The highest BCUT2D eigenvalue weighted by Gasteiger charge is 2.27. The second kappa shape index (κ2) is 7.59. The fourth-order valence-electron chi connectivity index (χ4n) is 3.05. The van der Waals surface area contributed by atoms with E-state index < -0.39 is 6.10 Å². The van der Waals surface area contributed by atoms with Gasteiger partial charge in [0.05, 0.1) is 13.2 Å². The van der Waals surface area contributed by atoms with Gasteiger partial charge >= 0.3 is 0 Å². The first-order valence-corrected chi connectivity index (χ1v) is 8.26. The van der Waals surface area contributed by atoms with Crippen molar-refractivity contribution < 1.29 is 9.84 Å². The van der Waals surface area contributed by atoms with Crippen LogP contribution in [0.15, 0.2) is 42.6 Å². The van der Waals surface area contributed by atoms with Gasteiger partial charge < -0.3 is 14.7 Å². The molecule has 2 heterocycles. The topological polar surface area (TPSA) is 61.7 Å². The van der Waals surface area contributed by atoms with Crippen LogP contribution in [0.25, 0.3) is 0 Å². The quantitative estimate of drug-likeness (QED) is 0.902. The third kappa shape index (κ3) is 3.83. The lowest BCUT2D eigenvalue weighted by Gasteiger charge is -2.40. The zero-order valence-electron chi connectivity index (χ0n) is 14.2. The van der Waals surface area contributed by atoms with Crippen LogP contribution in [0.1, 0.15) is 18.6 Å². The lowest BCUT2D eigenvalue weighted by Crippen LogP contribution is -2.53. The maximum absolute atomic E-state index is 10.4. The Balaban J connectivity index is 1.61. The summed E-state index contributed by atoms with van der Waals surface area (Å²) in [6, 6.07) is 11.9. The zero-order valence-corrected chi connectivity index (χ0v) is 14.2. The molecule has 1 aliphatic heterocycles. The number of hydrogen-bond acceptors (Lipinski definition) is 6. The molecule has 2 atom stereocenters. The molecule has 2 aromatic rings. The van der Waals surface area contributed by atoms with E-state index in [9.17, 15) is 5.11 Å². The maximum Gasteiger partial charge on any atom is 0.228 e. The van der Waals surface area contributed by atoms with Gasteiger partial charge in [-0.15, -0.1) is 0 Å². The Bertz CT molecular complexity index is 652. The molecular weight excluding hydrogens is 304 g/mol. The number of aromatic nitrogens is 2. The molecule has 1 saturated heterocycles. The van der Waals surface area contributed by atoms with Gasteiger partial charge in [-0.05, 0) is 12.5 Å². The van der Waals surface area contributed by atoms with E-state index in [1.165, 1.54) is 0 Å². The number of aliphatic hydroxyl groups is 1. The van der Waals surface area contributed by atoms with E-state index in [1.54, 1.807) is 19.4 Å². The molecule has 1 N–H and O–H groups in total. The maximum atomic E-state index is 10.4. The molecule has 0 saturated carbocycles. The summed E-state index contributed by atoms with van der Waals surface area (Å²) in [5, 5.41) is 10.4. The molecule has 1 aromatic heterocycles. The van der Waals surface area contributed by atoms with E-state index in [4.69, 9.17) is 4.74 Å². The molecule has 24 heavy (non-hydrogen) atoms. The molecular formula is C18H24N4O2. The summed E-state index contributed by atoms with van der Waals surface area (Å²) in [5.74, 6) is 1.28. The summed E-state index contributed by atoms with van der Waals surface area (Å²) in [6.07, 6.45) is 1.26. The van der Waals surface area contributed by atoms with Crippen LogP contribution in [0.2, 0.25) is 0 Å². The van der Waals surface area contributed by atoms with Gasteiger partial charge in [0.2, 0.25) is 11.8 Å². The van der Waals surface area contributed by atoms with Gasteiger partial charge in [0.1, 0.15) is 0 Å². The van der Waals surface area contributed by atoms with Crippen molar-refractivity contribution in [3.63, 3.8) is 0 Å². The van der Waals surface area contributed by atoms with Crippen LogP contribution in [0, 0.1) is 0 Å². The first-order valence-electron chi connectivity index (χ1n) is 8.26. The van der Waals surface area contributed by atoms with Crippen molar-refractivity contribution >= 4 is 5.95 Å². The number of methoxy groups -OCH3 is 1. The molecule has 0 aliphatic carbocycles. The number of ether oxygens (including phenoxy) is 1. The van der Waals surface area contributed by atoms with Crippen molar-refractivity contribution in [1.29, 1.82) is 0 Å². The number of rotatable bonds is 5. The highest BCUT2D eigenvalue weighted by atomic mass is 16.5. The summed E-state index contributed by atoms with van der Waals surface area (Å²) in [5.41, 5.74) is 0.961. The molecule has 0 spiro atoms. The van der Waals surface area contributed by atoms with Gasteiger partial charge in [-0.25, -0.2) is 4.98 Å². The van der Waals surface area contributed by atoms with Crippen LogP contribution in [0.4, 0.5) is 5.95 Å². The zero-order chi connectivity index (χ0) is 16.9. The molecule has 0 bridgehead atoms. The van der Waals surface area contributed by atoms with Gasteiger partial charge in [-0.2, -0.15) is 4.98 Å². The molecule has 3 rings (SSSR count). The third-order valence-corrected chi connectivity index (χ3v) is 4.47. The van der Waals surface area contributed by atoms with E-state index in [0.29, 0.717) is 24.4 Å². The number of nitrogens with zero attached hydrogens (tertiary/aromatic N) is 4. The van der Waals surface area contributed by atoms with E-state index in [0.717, 1.165) is 25.2 Å². The minimum atomic E-state index is -0.465. The fraction of sp³-hybridized carbons (Fsp3) is 0.444. The fourth-order valence-corrected chi connectivity index (χ4v) is 3.05. The van der Waals surface area contributed by atoms with Crippen LogP contribution < -0.4 is 9.64 Å². The second-order valence-corrected chi connectivity index (χ2v) is 6.12. The molecule has 6 heteroatoms. The Morgan fingerprint density at radius 3 is 2.75 bits per heavy atom. The number of benzene rings is 1. The highest BCUT2D eigenvalue weighted by Crippen LogP contribution is 2.20. The van der Waals surface area contributed by atoms with Crippen LogP contribution in [0.5, 0.6) is 5.88 Å². The summed E-state index contributed by atoms with van der Waals surface area (Å²) in [7, 11) is 1.61. The molecule has 1 aliphatic rings. The van der Waals surface area contributed by atoms with Crippen molar-refractivity contribution in [3.8, 4) is 5.88 Å². The van der Waals surface area contributed by atoms with Crippen LogP contribution in [0.3, 0.4) is 0 Å². The monoisotopic (exact) mass is 328 g/mol. The van der Waals surface area contributed by atoms with Gasteiger partial charge in [-0.3, -0.25) is 4.90 Å². The normalized spacial score (nSPS) is 20.0. The average molecular weight is 328 g/mol. The number of aliphatic hydroxyl groups excluding tert-OH is 1. The summed E-state index contributed by atoms with van der Waals surface area (Å²) in [6.45, 7) is 5.33. The molecule has 1 aromatic carbocycles. The molecule has 128 valence electrons. The minimum Gasteiger partial charge on any atom is -0.481 e. The molecule has 0 amide bonds. The van der Waals surface area contributed by atoms with Crippen LogP contribution in [-0.2, 0) is 0 Å². The number of β-amino-alcohol motifs (C(OH)–C–C–N with tert-alkyl or cyclic N) is 1. The van der Waals surface area contributed by atoms with Crippen molar-refractivity contribution in [3.05, 3.63) is 48.2 Å². The van der Waals surface area contributed by atoms with Crippen LogP contribution in [-0.4, -0.2) is 59.3 Å². The predicted octanol–water partition coefficient (Wildman–Crippen LogP) is 1.73. The second-order valence-electron chi connectivity index (χ2n) is 6.12. The van der Waals surface area contributed by atoms with Gasteiger partial charge in [0, 0.05) is 44.5 Å². The van der Waals surface area contributed by atoms with Gasteiger partial charge in [0.15, 0.2) is 0 Å². The summed E-state index contributed by atoms with van der Waals surface area (Å²) in [4.78, 5) is 13.2. The largest absolute Gasteiger partial charge is 0.481 e. The first-order chi connectivity index (χ1) is 11.7. The Morgan fingerprint density at radius 2 is 2.04 bits per heavy atom. The van der Waals surface area contributed by atoms with E-state index in [2.05, 4.69) is 26.7 Å². The van der Waals surface area contributed by atoms with Crippen molar-refractivity contribution in [2.24, 2.45) is 0 Å².